The molecule has 1 fully saturated rings. The molecule has 2 aliphatic carbocycles. The fourth-order valence-corrected chi connectivity index (χ4v) is 4.29. The topological polar surface area (TPSA) is 0 Å². The van der Waals surface area contributed by atoms with Gasteiger partial charge in [0.05, 0.1) is 0 Å². The summed E-state index contributed by atoms with van der Waals surface area (Å²) >= 11 is 0. The summed E-state index contributed by atoms with van der Waals surface area (Å²) in [5.74, 6) is 0.693. The van der Waals surface area contributed by atoms with Crippen molar-refractivity contribution in [2.75, 3.05) is 0 Å². The van der Waals surface area contributed by atoms with Gasteiger partial charge in [-0.2, -0.15) is 0 Å². The molecule has 19 heavy (non-hydrogen) atoms. The van der Waals surface area contributed by atoms with Gasteiger partial charge in [-0.15, -0.1) is 0 Å². The minimum Gasteiger partial charge on any atom is -0.247 e. The molecule has 0 bridgehead atoms. The Kier molecular flexibility index (Phi) is 5.24. The van der Waals surface area contributed by atoms with Crippen molar-refractivity contribution < 1.29 is 4.39 Å². The van der Waals surface area contributed by atoms with E-state index in [1.54, 1.807) is 5.57 Å². The molecule has 0 nitrogen and oxygen atoms in total. The highest BCUT2D eigenvalue weighted by atomic mass is 19.1. The van der Waals surface area contributed by atoms with Crippen LogP contribution in [-0.4, -0.2) is 6.17 Å². The normalized spacial score (nSPS) is 30.8. The molecule has 0 amide bonds. The van der Waals surface area contributed by atoms with E-state index >= 15 is 0 Å². The van der Waals surface area contributed by atoms with E-state index < -0.39 is 6.17 Å². The zero-order valence-electron chi connectivity index (χ0n) is 12.6. The van der Waals surface area contributed by atoms with E-state index in [1.165, 1.54) is 32.1 Å². The molecule has 1 heteroatoms. The first-order valence-corrected chi connectivity index (χ1v) is 8.24. The molecule has 0 radical (unpaired) electrons. The van der Waals surface area contributed by atoms with Gasteiger partial charge in [0.2, 0.25) is 0 Å². The molecule has 0 aromatic heterocycles. The van der Waals surface area contributed by atoms with Crippen molar-refractivity contribution in [3.8, 4) is 0 Å². The third-order valence-corrected chi connectivity index (χ3v) is 5.34. The predicted molar refractivity (Wildman–Crippen MR) is 80.9 cm³/mol. The molecule has 1 saturated carbocycles. The van der Waals surface area contributed by atoms with Crippen LogP contribution >= 0.6 is 0 Å². The number of hydrogen-bond donors (Lipinski definition) is 0. The second-order valence-corrected chi connectivity index (χ2v) is 6.35. The Morgan fingerprint density at radius 3 is 2.42 bits per heavy atom. The first-order chi connectivity index (χ1) is 9.23. The lowest BCUT2D eigenvalue weighted by Crippen LogP contribution is -2.35. The van der Waals surface area contributed by atoms with Crippen LogP contribution in [0.25, 0.3) is 0 Å². The average molecular weight is 264 g/mol. The number of rotatable bonds is 5. The molecular formula is C18H29F. The fraction of sp³-hybridized carbons (Fsp3) is 0.778. The van der Waals surface area contributed by atoms with Crippen LogP contribution in [0.1, 0.15) is 71.6 Å². The third-order valence-electron chi connectivity index (χ3n) is 5.34. The molecule has 2 rings (SSSR count). The van der Waals surface area contributed by atoms with E-state index in [1.807, 2.05) is 0 Å². The highest BCUT2D eigenvalue weighted by Gasteiger charge is 2.40. The fourth-order valence-electron chi connectivity index (χ4n) is 4.29. The molecular weight excluding hydrogens is 235 g/mol. The predicted octanol–water partition coefficient (Wildman–Crippen LogP) is 5.99. The van der Waals surface area contributed by atoms with Gasteiger partial charge in [0, 0.05) is 0 Å². The second-order valence-electron chi connectivity index (χ2n) is 6.35. The highest BCUT2D eigenvalue weighted by molar-refractivity contribution is 5.30. The van der Waals surface area contributed by atoms with Crippen molar-refractivity contribution in [3.63, 3.8) is 0 Å². The van der Waals surface area contributed by atoms with Crippen LogP contribution in [0.5, 0.6) is 0 Å². The van der Waals surface area contributed by atoms with Gasteiger partial charge in [0.15, 0.2) is 0 Å². The number of halogens is 1. The Balaban J connectivity index is 2.22. The van der Waals surface area contributed by atoms with E-state index in [9.17, 15) is 4.39 Å². The van der Waals surface area contributed by atoms with Crippen molar-refractivity contribution in [1.82, 2.24) is 0 Å². The van der Waals surface area contributed by atoms with E-state index in [-0.39, 0.29) is 0 Å². The van der Waals surface area contributed by atoms with Crippen molar-refractivity contribution in [2.24, 2.45) is 11.3 Å². The van der Waals surface area contributed by atoms with Crippen molar-refractivity contribution in [1.29, 1.82) is 0 Å². The summed E-state index contributed by atoms with van der Waals surface area (Å²) < 4.78 is 13.4. The Morgan fingerprint density at radius 2 is 1.89 bits per heavy atom. The Hall–Kier alpha value is -0.590. The number of alkyl halides is 1. The highest BCUT2D eigenvalue weighted by Crippen LogP contribution is 2.50. The number of hydrogen-bond acceptors (Lipinski definition) is 0. The van der Waals surface area contributed by atoms with Gasteiger partial charge in [-0.05, 0) is 68.3 Å². The lowest BCUT2D eigenvalue weighted by Gasteiger charge is -2.45. The summed E-state index contributed by atoms with van der Waals surface area (Å²) in [6.45, 7) is 4.62. The lowest BCUT2D eigenvalue weighted by molar-refractivity contribution is 0.103. The SMILES string of the molecule is CCCC(CC)(C1=CCCC=C1)C1CCC(F)CC1. The van der Waals surface area contributed by atoms with E-state index in [2.05, 4.69) is 32.1 Å². The van der Waals surface area contributed by atoms with Crippen LogP contribution in [-0.2, 0) is 0 Å². The van der Waals surface area contributed by atoms with Crippen LogP contribution < -0.4 is 0 Å². The maximum Gasteiger partial charge on any atom is 0.100 e. The molecule has 1 unspecified atom stereocenters. The zero-order chi connectivity index (χ0) is 13.7. The minimum atomic E-state index is -0.539. The van der Waals surface area contributed by atoms with Crippen LogP contribution in [0.2, 0.25) is 0 Å². The molecule has 0 aromatic rings. The summed E-state index contributed by atoms with van der Waals surface area (Å²) in [6.07, 6.45) is 16.4. The van der Waals surface area contributed by atoms with Gasteiger partial charge < -0.3 is 0 Å². The molecule has 0 aliphatic heterocycles. The van der Waals surface area contributed by atoms with Gasteiger partial charge >= 0.3 is 0 Å². The van der Waals surface area contributed by atoms with Crippen molar-refractivity contribution in [2.45, 2.75) is 77.8 Å². The van der Waals surface area contributed by atoms with Crippen LogP contribution in [0.15, 0.2) is 23.8 Å². The monoisotopic (exact) mass is 264 g/mol. The van der Waals surface area contributed by atoms with Crippen LogP contribution in [0.3, 0.4) is 0 Å². The molecule has 1 atom stereocenters. The van der Waals surface area contributed by atoms with E-state index in [4.69, 9.17) is 0 Å². The van der Waals surface area contributed by atoms with Crippen molar-refractivity contribution in [3.05, 3.63) is 23.8 Å². The summed E-state index contributed by atoms with van der Waals surface area (Å²) in [4.78, 5) is 0. The quantitative estimate of drug-likeness (QED) is 0.572. The lowest BCUT2D eigenvalue weighted by atomic mass is 9.60. The number of allylic oxidation sites excluding steroid dienone is 4. The van der Waals surface area contributed by atoms with Gasteiger partial charge in [0.25, 0.3) is 0 Å². The molecule has 108 valence electrons. The standard InChI is InChI=1S/C18H29F/c1-3-14-18(4-2,15-8-6-5-7-9-15)16-10-12-17(19)13-11-16/h6,8-9,16-17H,3-5,7,10-14H2,1-2H3. The average Bonchev–Trinajstić information content (AvgIpc) is 2.47. The van der Waals surface area contributed by atoms with E-state index in [0.717, 1.165) is 25.7 Å². The zero-order valence-corrected chi connectivity index (χ0v) is 12.6. The largest absolute Gasteiger partial charge is 0.247 e. The molecule has 0 heterocycles. The second kappa shape index (κ2) is 6.72. The van der Waals surface area contributed by atoms with E-state index in [0.29, 0.717) is 11.3 Å². The Morgan fingerprint density at radius 1 is 1.16 bits per heavy atom. The van der Waals surface area contributed by atoms with Crippen LogP contribution in [0.4, 0.5) is 4.39 Å². The van der Waals surface area contributed by atoms with Gasteiger partial charge in [-0.25, -0.2) is 4.39 Å². The minimum absolute atomic E-state index is 0.325. The maximum absolute atomic E-state index is 13.4. The first kappa shape index (κ1) is 14.8. The van der Waals surface area contributed by atoms with Crippen molar-refractivity contribution >= 4 is 0 Å². The summed E-state index contributed by atoms with van der Waals surface area (Å²) in [5.41, 5.74) is 1.89. The van der Waals surface area contributed by atoms with Gasteiger partial charge in [0.1, 0.15) is 6.17 Å². The summed E-state index contributed by atoms with van der Waals surface area (Å²) in [6, 6.07) is 0. The Labute approximate surface area is 118 Å². The Bertz CT molecular complexity index is 334. The molecule has 0 spiro atoms. The summed E-state index contributed by atoms with van der Waals surface area (Å²) in [5, 5.41) is 0. The summed E-state index contributed by atoms with van der Waals surface area (Å²) in [7, 11) is 0. The third kappa shape index (κ3) is 3.12. The molecule has 2 aliphatic rings. The van der Waals surface area contributed by atoms with Gasteiger partial charge in [-0.3, -0.25) is 0 Å². The smallest absolute Gasteiger partial charge is 0.100 e. The first-order valence-electron chi connectivity index (χ1n) is 8.24. The molecule has 0 saturated heterocycles. The van der Waals surface area contributed by atoms with Gasteiger partial charge in [-0.1, -0.05) is 38.5 Å². The van der Waals surface area contributed by atoms with Crippen LogP contribution in [0, 0.1) is 11.3 Å². The molecule has 0 aromatic carbocycles. The maximum atomic E-state index is 13.4. The molecule has 0 N–H and O–H groups in total.